The van der Waals surface area contributed by atoms with E-state index >= 15 is 0 Å². The smallest absolute Gasteiger partial charge is 0.408 e. The van der Waals surface area contributed by atoms with E-state index < -0.39 is 23.3 Å². The van der Waals surface area contributed by atoms with Gasteiger partial charge in [0.1, 0.15) is 18.2 Å². The Kier molecular flexibility index (Phi) is 10.2. The average molecular weight is 448 g/mol. The molecule has 32 heavy (non-hydrogen) atoms. The molecule has 7 nitrogen and oxygen atoms in total. The molecule has 1 atom stereocenters. The Hall–Kier alpha value is -2.57. The van der Waals surface area contributed by atoms with E-state index in [1.165, 1.54) is 0 Å². The molecule has 0 aromatic heterocycles. The summed E-state index contributed by atoms with van der Waals surface area (Å²) in [5, 5.41) is 5.49. The van der Waals surface area contributed by atoms with E-state index in [9.17, 15) is 14.4 Å². The average Bonchev–Trinajstić information content (AvgIpc) is 2.68. The van der Waals surface area contributed by atoms with Crippen molar-refractivity contribution in [3.8, 4) is 0 Å². The molecule has 0 aliphatic heterocycles. The van der Waals surface area contributed by atoms with Gasteiger partial charge in [-0.15, -0.1) is 0 Å². The van der Waals surface area contributed by atoms with Crippen LogP contribution in [0.5, 0.6) is 0 Å². The second-order valence-electron chi connectivity index (χ2n) is 9.93. The van der Waals surface area contributed by atoms with E-state index in [4.69, 9.17) is 4.74 Å². The standard InChI is InChI=1S/C25H41N3O4/c1-9-11-16-26-22(30)21(19-14-12-18(10-2)13-15-19)28(24(3,4)5)20(29)17-27-23(31)32-25(6,7)8/h12-15,21H,9-11,16-17H2,1-8H3,(H,26,30)(H,27,31). The maximum absolute atomic E-state index is 13.3. The number of carbonyl (C=O) groups is 3. The lowest BCUT2D eigenvalue weighted by atomic mass is 9.95. The minimum Gasteiger partial charge on any atom is -0.444 e. The molecular formula is C25H41N3O4. The number of benzene rings is 1. The van der Waals surface area contributed by atoms with Gasteiger partial charge in [-0.05, 0) is 65.5 Å². The molecule has 1 aromatic rings. The number of amides is 3. The molecule has 7 heteroatoms. The monoisotopic (exact) mass is 447 g/mol. The second kappa shape index (κ2) is 11.9. The van der Waals surface area contributed by atoms with E-state index in [1.54, 1.807) is 25.7 Å². The summed E-state index contributed by atoms with van der Waals surface area (Å²) in [4.78, 5) is 40.2. The molecule has 180 valence electrons. The van der Waals surface area contributed by atoms with Crippen LogP contribution in [-0.4, -0.2) is 47.0 Å². The SMILES string of the molecule is CCCCNC(=O)C(c1ccc(CC)cc1)N(C(=O)CNC(=O)OC(C)(C)C)C(C)(C)C. The van der Waals surface area contributed by atoms with Crippen LogP contribution in [0, 0.1) is 0 Å². The summed E-state index contributed by atoms with van der Waals surface area (Å²) < 4.78 is 5.24. The van der Waals surface area contributed by atoms with Gasteiger partial charge in [0.25, 0.3) is 0 Å². The molecule has 0 fully saturated rings. The topological polar surface area (TPSA) is 87.7 Å². The van der Waals surface area contributed by atoms with Gasteiger partial charge in [-0.25, -0.2) is 4.79 Å². The quantitative estimate of drug-likeness (QED) is 0.551. The van der Waals surface area contributed by atoms with Crippen LogP contribution in [0.4, 0.5) is 4.79 Å². The number of aryl methyl sites for hydroxylation is 1. The highest BCUT2D eigenvalue weighted by Gasteiger charge is 2.38. The van der Waals surface area contributed by atoms with Crippen molar-refractivity contribution < 1.29 is 19.1 Å². The Morgan fingerprint density at radius 3 is 2.03 bits per heavy atom. The number of hydrogen-bond acceptors (Lipinski definition) is 4. The number of carbonyl (C=O) groups excluding carboxylic acids is 3. The molecular weight excluding hydrogens is 406 g/mol. The van der Waals surface area contributed by atoms with Crippen LogP contribution in [0.25, 0.3) is 0 Å². The molecule has 0 saturated heterocycles. The third-order valence-electron chi connectivity index (χ3n) is 4.81. The van der Waals surface area contributed by atoms with E-state index in [2.05, 4.69) is 24.5 Å². The van der Waals surface area contributed by atoms with Gasteiger partial charge in [0.05, 0.1) is 0 Å². The summed E-state index contributed by atoms with van der Waals surface area (Å²) in [6.45, 7) is 15.3. The predicted octanol–water partition coefficient (Wildman–Crippen LogP) is 4.36. The van der Waals surface area contributed by atoms with Gasteiger partial charge in [0.15, 0.2) is 0 Å². The van der Waals surface area contributed by atoms with Crippen molar-refractivity contribution in [2.24, 2.45) is 0 Å². The minimum absolute atomic E-state index is 0.233. The van der Waals surface area contributed by atoms with Crippen molar-refractivity contribution in [1.82, 2.24) is 15.5 Å². The maximum atomic E-state index is 13.3. The number of ether oxygens (including phenoxy) is 1. The zero-order valence-corrected chi connectivity index (χ0v) is 21.0. The molecule has 0 aliphatic carbocycles. The number of rotatable bonds is 9. The van der Waals surface area contributed by atoms with Crippen LogP contribution in [0.1, 0.15) is 85.4 Å². The summed E-state index contributed by atoms with van der Waals surface area (Å²) in [7, 11) is 0. The second-order valence-corrected chi connectivity index (χ2v) is 9.93. The molecule has 0 spiro atoms. The first-order valence-electron chi connectivity index (χ1n) is 11.5. The van der Waals surface area contributed by atoms with Crippen LogP contribution in [-0.2, 0) is 20.7 Å². The van der Waals surface area contributed by atoms with Crippen molar-refractivity contribution in [2.75, 3.05) is 13.1 Å². The van der Waals surface area contributed by atoms with Crippen LogP contribution in [0.15, 0.2) is 24.3 Å². The lowest BCUT2D eigenvalue weighted by Gasteiger charge is -2.41. The van der Waals surface area contributed by atoms with Gasteiger partial charge >= 0.3 is 6.09 Å². The van der Waals surface area contributed by atoms with Gasteiger partial charge in [0, 0.05) is 12.1 Å². The van der Waals surface area contributed by atoms with Crippen LogP contribution < -0.4 is 10.6 Å². The molecule has 0 radical (unpaired) electrons. The van der Waals surface area contributed by atoms with Crippen molar-refractivity contribution >= 4 is 17.9 Å². The first-order chi connectivity index (χ1) is 14.8. The van der Waals surface area contributed by atoms with E-state index in [-0.39, 0.29) is 18.4 Å². The Morgan fingerprint density at radius 2 is 1.56 bits per heavy atom. The molecule has 0 bridgehead atoms. The molecule has 0 aliphatic rings. The Labute approximate surface area is 193 Å². The normalized spacial score (nSPS) is 12.6. The highest BCUT2D eigenvalue weighted by atomic mass is 16.6. The summed E-state index contributed by atoms with van der Waals surface area (Å²) in [6, 6.07) is 6.94. The number of unbranched alkanes of at least 4 members (excludes halogenated alkanes) is 1. The molecule has 0 saturated carbocycles. The predicted molar refractivity (Wildman–Crippen MR) is 127 cm³/mol. The van der Waals surface area contributed by atoms with E-state index in [0.717, 1.165) is 30.4 Å². The fourth-order valence-corrected chi connectivity index (χ4v) is 3.29. The van der Waals surface area contributed by atoms with Gasteiger partial charge < -0.3 is 20.3 Å². The fourth-order valence-electron chi connectivity index (χ4n) is 3.29. The third kappa shape index (κ3) is 8.89. The first kappa shape index (κ1) is 27.5. The first-order valence-corrected chi connectivity index (χ1v) is 11.5. The van der Waals surface area contributed by atoms with Gasteiger partial charge in [-0.1, -0.05) is 44.5 Å². The molecule has 1 unspecified atom stereocenters. The van der Waals surface area contributed by atoms with Gasteiger partial charge in [-0.2, -0.15) is 0 Å². The Morgan fingerprint density at radius 1 is 0.969 bits per heavy atom. The maximum Gasteiger partial charge on any atom is 0.408 e. The third-order valence-corrected chi connectivity index (χ3v) is 4.81. The molecule has 3 amide bonds. The van der Waals surface area contributed by atoms with Gasteiger partial charge in [-0.3, -0.25) is 9.59 Å². The summed E-state index contributed by atoms with van der Waals surface area (Å²) >= 11 is 0. The molecule has 1 rings (SSSR count). The highest BCUT2D eigenvalue weighted by molar-refractivity contribution is 5.91. The summed E-state index contributed by atoms with van der Waals surface area (Å²) in [5.41, 5.74) is 0.554. The molecule has 1 aromatic carbocycles. The summed E-state index contributed by atoms with van der Waals surface area (Å²) in [5.74, 6) is -0.596. The van der Waals surface area contributed by atoms with Crippen molar-refractivity contribution in [3.05, 3.63) is 35.4 Å². The molecule has 2 N–H and O–H groups in total. The minimum atomic E-state index is -0.814. The van der Waals surface area contributed by atoms with Crippen molar-refractivity contribution in [2.45, 2.75) is 91.8 Å². The fraction of sp³-hybridized carbons (Fsp3) is 0.640. The van der Waals surface area contributed by atoms with Crippen molar-refractivity contribution in [3.63, 3.8) is 0 Å². The zero-order valence-electron chi connectivity index (χ0n) is 21.0. The lowest BCUT2D eigenvalue weighted by Crippen LogP contribution is -2.55. The highest BCUT2D eigenvalue weighted by Crippen LogP contribution is 2.29. The summed E-state index contributed by atoms with van der Waals surface area (Å²) in [6.07, 6.45) is 2.03. The number of alkyl carbamates (subject to hydrolysis) is 1. The van der Waals surface area contributed by atoms with Crippen LogP contribution in [0.3, 0.4) is 0 Å². The largest absolute Gasteiger partial charge is 0.444 e. The zero-order chi connectivity index (χ0) is 24.5. The number of nitrogens with zero attached hydrogens (tertiary/aromatic N) is 1. The van der Waals surface area contributed by atoms with Crippen molar-refractivity contribution in [1.29, 1.82) is 0 Å². The van der Waals surface area contributed by atoms with Gasteiger partial charge in [0.2, 0.25) is 11.8 Å². The number of nitrogens with one attached hydrogen (secondary N) is 2. The van der Waals surface area contributed by atoms with Crippen LogP contribution >= 0.6 is 0 Å². The molecule has 0 heterocycles. The van der Waals surface area contributed by atoms with Crippen LogP contribution in [0.2, 0.25) is 0 Å². The lowest BCUT2D eigenvalue weighted by molar-refractivity contribution is -0.145. The van der Waals surface area contributed by atoms with E-state index in [0.29, 0.717) is 6.54 Å². The van der Waals surface area contributed by atoms with E-state index in [1.807, 2.05) is 45.0 Å². The Bertz CT molecular complexity index is 761. The Balaban J connectivity index is 3.22. The number of hydrogen-bond donors (Lipinski definition) is 2.